The van der Waals surface area contributed by atoms with Gasteiger partial charge in [0, 0.05) is 5.41 Å². The van der Waals surface area contributed by atoms with Crippen molar-refractivity contribution in [3.63, 3.8) is 0 Å². The van der Waals surface area contributed by atoms with Gasteiger partial charge in [-0.1, -0.05) is 12.5 Å². The maximum atomic E-state index is 11.2. The van der Waals surface area contributed by atoms with Crippen molar-refractivity contribution in [2.45, 2.75) is 38.5 Å². The molecule has 0 aromatic carbocycles. The second-order valence-electron chi connectivity index (χ2n) is 4.76. The number of fused-ring (bicyclic) bond motifs is 2. The minimum Gasteiger partial charge on any atom is -0.303 e. The molecule has 3 unspecified atom stereocenters. The van der Waals surface area contributed by atoms with E-state index < -0.39 is 0 Å². The Morgan fingerprint density at radius 1 is 1.46 bits per heavy atom. The molecule has 0 spiro atoms. The number of carbonyl (C=O) groups excluding carboxylic acids is 1. The van der Waals surface area contributed by atoms with Crippen LogP contribution in [0.1, 0.15) is 38.5 Å². The largest absolute Gasteiger partial charge is 0.303 e. The molecule has 2 aliphatic rings. The van der Waals surface area contributed by atoms with Crippen LogP contribution in [-0.4, -0.2) is 6.29 Å². The van der Waals surface area contributed by atoms with E-state index in [-0.39, 0.29) is 5.41 Å². The normalized spacial score (nSPS) is 42.2. The number of hydrogen-bond acceptors (Lipinski definition) is 1. The number of aldehydes is 1. The molecule has 0 aliphatic heterocycles. The molecule has 0 saturated heterocycles. The van der Waals surface area contributed by atoms with Gasteiger partial charge in [0.25, 0.3) is 0 Å². The summed E-state index contributed by atoms with van der Waals surface area (Å²) in [5.41, 5.74) is 0.0527. The zero-order valence-electron chi connectivity index (χ0n) is 8.17. The van der Waals surface area contributed by atoms with Crippen LogP contribution in [0.3, 0.4) is 0 Å². The number of rotatable bonds is 4. The smallest absolute Gasteiger partial charge is 0.126 e. The highest BCUT2D eigenvalue weighted by atomic mass is 16.1. The summed E-state index contributed by atoms with van der Waals surface area (Å²) in [5.74, 6) is 1.56. The molecule has 1 heteroatoms. The van der Waals surface area contributed by atoms with Crippen LogP contribution in [0.4, 0.5) is 0 Å². The molecular formula is C12H18O. The maximum Gasteiger partial charge on any atom is 0.126 e. The second kappa shape index (κ2) is 3.28. The Bertz CT molecular complexity index is 221. The van der Waals surface area contributed by atoms with Gasteiger partial charge >= 0.3 is 0 Å². The third-order valence-corrected chi connectivity index (χ3v) is 4.07. The van der Waals surface area contributed by atoms with Crippen LogP contribution in [0.2, 0.25) is 0 Å². The molecule has 2 saturated carbocycles. The Morgan fingerprint density at radius 3 is 2.77 bits per heavy atom. The molecule has 2 bridgehead atoms. The highest BCUT2D eigenvalue weighted by molar-refractivity contribution is 5.61. The van der Waals surface area contributed by atoms with E-state index in [9.17, 15) is 4.79 Å². The Balaban J connectivity index is 2.07. The molecule has 0 N–H and O–H groups in total. The van der Waals surface area contributed by atoms with Crippen LogP contribution >= 0.6 is 0 Å². The van der Waals surface area contributed by atoms with Gasteiger partial charge in [-0.05, 0) is 43.9 Å². The van der Waals surface area contributed by atoms with E-state index >= 15 is 0 Å². The van der Waals surface area contributed by atoms with Crippen LogP contribution in [0, 0.1) is 17.3 Å². The summed E-state index contributed by atoms with van der Waals surface area (Å²) in [4.78, 5) is 11.2. The number of carbonyl (C=O) groups is 1. The van der Waals surface area contributed by atoms with E-state index in [1.165, 1.54) is 25.5 Å². The van der Waals surface area contributed by atoms with E-state index in [4.69, 9.17) is 0 Å². The quantitative estimate of drug-likeness (QED) is 0.478. The van der Waals surface area contributed by atoms with Gasteiger partial charge in [0.2, 0.25) is 0 Å². The Labute approximate surface area is 80.2 Å². The van der Waals surface area contributed by atoms with Gasteiger partial charge < -0.3 is 4.79 Å². The molecule has 0 heterocycles. The van der Waals surface area contributed by atoms with E-state index in [0.29, 0.717) is 5.92 Å². The van der Waals surface area contributed by atoms with E-state index in [2.05, 4.69) is 6.58 Å². The monoisotopic (exact) mass is 178 g/mol. The summed E-state index contributed by atoms with van der Waals surface area (Å²) in [5, 5.41) is 0. The van der Waals surface area contributed by atoms with E-state index in [0.717, 1.165) is 25.2 Å². The molecule has 1 nitrogen and oxygen atoms in total. The summed E-state index contributed by atoms with van der Waals surface area (Å²) < 4.78 is 0. The van der Waals surface area contributed by atoms with Crippen LogP contribution in [0.15, 0.2) is 12.7 Å². The molecule has 0 radical (unpaired) electrons. The molecule has 0 aromatic rings. The van der Waals surface area contributed by atoms with Crippen molar-refractivity contribution < 1.29 is 4.79 Å². The lowest BCUT2D eigenvalue weighted by Gasteiger charge is -2.32. The van der Waals surface area contributed by atoms with Crippen molar-refractivity contribution in [1.82, 2.24) is 0 Å². The molecule has 2 rings (SSSR count). The van der Waals surface area contributed by atoms with Gasteiger partial charge in [-0.3, -0.25) is 0 Å². The topological polar surface area (TPSA) is 17.1 Å². The fraction of sp³-hybridized carbons (Fsp3) is 0.750. The average molecular weight is 178 g/mol. The van der Waals surface area contributed by atoms with Crippen LogP contribution in [-0.2, 0) is 4.79 Å². The molecule has 0 aromatic heterocycles. The van der Waals surface area contributed by atoms with Crippen molar-refractivity contribution in [3.8, 4) is 0 Å². The first-order valence-corrected chi connectivity index (χ1v) is 5.38. The van der Waals surface area contributed by atoms with Gasteiger partial charge in [0.05, 0.1) is 0 Å². The van der Waals surface area contributed by atoms with Gasteiger partial charge in [0.15, 0.2) is 0 Å². The van der Waals surface area contributed by atoms with Crippen molar-refractivity contribution in [1.29, 1.82) is 0 Å². The SMILES string of the molecule is C=CCCC1(C=O)CC2CCC1C2. The van der Waals surface area contributed by atoms with Crippen molar-refractivity contribution >= 4 is 6.29 Å². The maximum absolute atomic E-state index is 11.2. The molecule has 72 valence electrons. The van der Waals surface area contributed by atoms with E-state index in [1.54, 1.807) is 0 Å². The fourth-order valence-electron chi connectivity index (χ4n) is 3.37. The van der Waals surface area contributed by atoms with Crippen molar-refractivity contribution in [3.05, 3.63) is 12.7 Å². The predicted octanol–water partition coefficient (Wildman–Crippen LogP) is 2.96. The average Bonchev–Trinajstić information content (AvgIpc) is 2.74. The van der Waals surface area contributed by atoms with Crippen LogP contribution in [0.25, 0.3) is 0 Å². The summed E-state index contributed by atoms with van der Waals surface area (Å²) >= 11 is 0. The summed E-state index contributed by atoms with van der Waals surface area (Å²) in [7, 11) is 0. The third kappa shape index (κ3) is 1.34. The molecule has 2 fully saturated rings. The zero-order valence-corrected chi connectivity index (χ0v) is 8.17. The van der Waals surface area contributed by atoms with Gasteiger partial charge in [-0.25, -0.2) is 0 Å². The number of allylic oxidation sites excluding steroid dienone is 1. The lowest BCUT2D eigenvalue weighted by molar-refractivity contribution is -0.119. The summed E-state index contributed by atoms with van der Waals surface area (Å²) in [6.45, 7) is 3.73. The Kier molecular flexibility index (Phi) is 2.27. The first-order chi connectivity index (χ1) is 6.30. The molecular weight excluding hydrogens is 160 g/mol. The zero-order chi connectivity index (χ0) is 9.31. The predicted molar refractivity (Wildman–Crippen MR) is 53.4 cm³/mol. The van der Waals surface area contributed by atoms with Gasteiger partial charge in [0.1, 0.15) is 6.29 Å². The molecule has 3 atom stereocenters. The van der Waals surface area contributed by atoms with Crippen LogP contribution in [0.5, 0.6) is 0 Å². The second-order valence-corrected chi connectivity index (χ2v) is 4.76. The van der Waals surface area contributed by atoms with Crippen molar-refractivity contribution in [2.24, 2.45) is 17.3 Å². The molecule has 2 aliphatic carbocycles. The van der Waals surface area contributed by atoms with Gasteiger partial charge in [-0.15, -0.1) is 6.58 Å². The molecule has 0 amide bonds. The van der Waals surface area contributed by atoms with E-state index in [1.807, 2.05) is 6.08 Å². The van der Waals surface area contributed by atoms with Crippen molar-refractivity contribution in [2.75, 3.05) is 0 Å². The van der Waals surface area contributed by atoms with Crippen LogP contribution < -0.4 is 0 Å². The molecule has 13 heavy (non-hydrogen) atoms. The highest BCUT2D eigenvalue weighted by Crippen LogP contribution is 2.56. The standard InChI is InChI=1S/C12H18O/c1-2-3-6-12(9-13)8-10-4-5-11(12)7-10/h2,9-11H,1,3-8H2. The lowest BCUT2D eigenvalue weighted by Crippen LogP contribution is -2.29. The first kappa shape index (κ1) is 8.98. The summed E-state index contributed by atoms with van der Waals surface area (Å²) in [6.07, 6.45) is 10.4. The first-order valence-electron chi connectivity index (χ1n) is 5.38. The minimum atomic E-state index is 0.0527. The summed E-state index contributed by atoms with van der Waals surface area (Å²) in [6, 6.07) is 0. The number of hydrogen-bond donors (Lipinski definition) is 0. The minimum absolute atomic E-state index is 0.0527. The Hall–Kier alpha value is -0.590. The van der Waals surface area contributed by atoms with Gasteiger partial charge in [-0.2, -0.15) is 0 Å². The fourth-order valence-corrected chi connectivity index (χ4v) is 3.37. The lowest BCUT2D eigenvalue weighted by atomic mass is 9.71. The highest BCUT2D eigenvalue weighted by Gasteiger charge is 2.50. The third-order valence-electron chi connectivity index (χ3n) is 4.07. The Morgan fingerprint density at radius 2 is 2.31 bits per heavy atom.